The van der Waals surface area contributed by atoms with Crippen LogP contribution in [0.5, 0.6) is 5.75 Å². The maximum atomic E-state index is 12.5. The number of aromatic nitrogens is 2. The summed E-state index contributed by atoms with van der Waals surface area (Å²) in [6.07, 6.45) is 6.29. The lowest BCUT2D eigenvalue weighted by molar-refractivity contribution is -0.385. The number of nitrogens with one attached hydrogen (secondary N) is 1. The maximum absolute atomic E-state index is 12.5. The van der Waals surface area contributed by atoms with E-state index in [9.17, 15) is 20.0 Å². The van der Waals surface area contributed by atoms with E-state index < -0.39 is 4.92 Å². The van der Waals surface area contributed by atoms with E-state index in [4.69, 9.17) is 4.98 Å². The van der Waals surface area contributed by atoms with Crippen LogP contribution in [-0.4, -0.2) is 31.4 Å². The number of nitrogens with zero attached hydrogens (tertiary/aromatic N) is 3. The van der Waals surface area contributed by atoms with Crippen molar-refractivity contribution in [3.8, 4) is 5.75 Å². The van der Waals surface area contributed by atoms with Crippen molar-refractivity contribution >= 4 is 5.69 Å². The Bertz CT molecular complexity index is 950. The summed E-state index contributed by atoms with van der Waals surface area (Å²) in [4.78, 5) is 32.9. The average Bonchev–Trinajstić information content (AvgIpc) is 2.70. The first kappa shape index (κ1) is 18.6. The van der Waals surface area contributed by atoms with Gasteiger partial charge in [-0.15, -0.1) is 0 Å². The fraction of sp³-hybridized carbons (Fsp3) is 0.500. The molecule has 28 heavy (non-hydrogen) atoms. The molecule has 0 spiro atoms. The molecular weight excluding hydrogens is 360 g/mol. The van der Waals surface area contributed by atoms with E-state index in [0.29, 0.717) is 37.5 Å². The highest BCUT2D eigenvalue weighted by Gasteiger charge is 2.26. The third-order valence-corrected chi connectivity index (χ3v) is 5.85. The third kappa shape index (κ3) is 3.64. The van der Waals surface area contributed by atoms with Gasteiger partial charge in [0.1, 0.15) is 5.82 Å². The number of hydrogen-bond donors (Lipinski definition) is 2. The Kier molecular flexibility index (Phi) is 5.13. The van der Waals surface area contributed by atoms with Gasteiger partial charge in [-0.2, -0.15) is 0 Å². The molecule has 1 fully saturated rings. The molecule has 1 aromatic heterocycles. The van der Waals surface area contributed by atoms with E-state index in [2.05, 4.69) is 9.88 Å². The lowest BCUT2D eigenvalue weighted by Crippen LogP contribution is -2.35. The van der Waals surface area contributed by atoms with Crippen LogP contribution in [0.15, 0.2) is 23.0 Å². The van der Waals surface area contributed by atoms with Crippen molar-refractivity contribution in [2.75, 3.05) is 6.54 Å². The van der Waals surface area contributed by atoms with Gasteiger partial charge in [0.05, 0.1) is 10.6 Å². The number of aromatic amines is 1. The molecule has 0 atom stereocenters. The van der Waals surface area contributed by atoms with E-state index in [1.165, 1.54) is 25.3 Å². The molecule has 2 aliphatic rings. The lowest BCUT2D eigenvalue weighted by Gasteiger charge is -2.29. The van der Waals surface area contributed by atoms with Gasteiger partial charge in [0, 0.05) is 42.7 Å². The van der Waals surface area contributed by atoms with Gasteiger partial charge >= 0.3 is 5.69 Å². The quantitative estimate of drug-likeness (QED) is 0.619. The average molecular weight is 384 g/mol. The number of para-hydroxylation sites is 1. The monoisotopic (exact) mass is 384 g/mol. The predicted molar refractivity (Wildman–Crippen MR) is 103 cm³/mol. The summed E-state index contributed by atoms with van der Waals surface area (Å²) in [5, 5.41) is 21.2. The van der Waals surface area contributed by atoms with E-state index >= 15 is 0 Å². The Morgan fingerprint density at radius 3 is 2.82 bits per heavy atom. The second kappa shape index (κ2) is 7.71. The van der Waals surface area contributed by atoms with Crippen molar-refractivity contribution in [2.24, 2.45) is 0 Å². The molecule has 0 unspecified atom stereocenters. The van der Waals surface area contributed by atoms with Crippen LogP contribution in [0.1, 0.15) is 60.7 Å². The summed E-state index contributed by atoms with van der Waals surface area (Å²) in [5.74, 6) is 0.825. The summed E-state index contributed by atoms with van der Waals surface area (Å²) in [5.41, 5.74) is 1.71. The zero-order valence-corrected chi connectivity index (χ0v) is 15.7. The third-order valence-electron chi connectivity index (χ3n) is 5.85. The highest BCUT2D eigenvalue weighted by molar-refractivity contribution is 5.50. The second-order valence-electron chi connectivity index (χ2n) is 7.71. The number of rotatable bonds is 4. The Hall–Kier alpha value is -2.74. The number of phenols is 1. The lowest BCUT2D eigenvalue weighted by atomic mass is 9.88. The second-order valence-corrected chi connectivity index (χ2v) is 7.71. The molecule has 0 amide bonds. The number of phenolic OH excluding ortho intramolecular Hbond substituents is 1. The van der Waals surface area contributed by atoms with Crippen molar-refractivity contribution < 1.29 is 10.0 Å². The number of hydrogen-bond acceptors (Lipinski definition) is 6. The molecule has 1 saturated carbocycles. The highest BCUT2D eigenvalue weighted by atomic mass is 16.6. The standard InChI is InChI=1S/C20H24N4O4/c25-18-14(7-4-8-17(18)24(27)28)11-23-10-9-15-16(12-23)21-19(22-20(15)26)13-5-2-1-3-6-13/h4,7-8,13,25H,1-3,5-6,9-12H2,(H,21,22,26). The van der Waals surface area contributed by atoms with Gasteiger partial charge in [0.2, 0.25) is 0 Å². The van der Waals surface area contributed by atoms with E-state index in [-0.39, 0.29) is 17.0 Å². The molecule has 2 aromatic rings. The normalized spacial score (nSPS) is 18.0. The minimum absolute atomic E-state index is 0.0385. The molecular formula is C20H24N4O4. The Morgan fingerprint density at radius 2 is 2.07 bits per heavy atom. The van der Waals surface area contributed by atoms with Crippen LogP contribution in [0.3, 0.4) is 0 Å². The summed E-state index contributed by atoms with van der Waals surface area (Å²) in [6, 6.07) is 4.56. The number of fused-ring (bicyclic) bond motifs is 1. The smallest absolute Gasteiger partial charge is 0.311 e. The number of nitro benzene ring substituents is 1. The van der Waals surface area contributed by atoms with Gasteiger partial charge in [-0.3, -0.25) is 19.8 Å². The molecule has 148 valence electrons. The Balaban J connectivity index is 1.56. The van der Waals surface area contributed by atoms with Crippen LogP contribution in [-0.2, 0) is 19.5 Å². The summed E-state index contributed by atoms with van der Waals surface area (Å²) in [7, 11) is 0. The zero-order chi connectivity index (χ0) is 19.7. The molecule has 0 bridgehead atoms. The fourth-order valence-electron chi connectivity index (χ4n) is 4.31. The van der Waals surface area contributed by atoms with Crippen LogP contribution in [0.2, 0.25) is 0 Å². The van der Waals surface area contributed by atoms with Crippen LogP contribution in [0.4, 0.5) is 5.69 Å². The predicted octanol–water partition coefficient (Wildman–Crippen LogP) is 2.99. The molecule has 2 heterocycles. The number of aromatic hydroxyl groups is 1. The molecule has 8 heteroatoms. The molecule has 2 N–H and O–H groups in total. The SMILES string of the molecule is O=c1[nH]c(C2CCCCC2)nc2c1CCN(Cc1cccc([N+](=O)[O-])c1O)C2. The summed E-state index contributed by atoms with van der Waals surface area (Å²) in [6.45, 7) is 1.52. The van der Waals surface area contributed by atoms with Crippen molar-refractivity contribution in [1.82, 2.24) is 14.9 Å². The van der Waals surface area contributed by atoms with Gasteiger partial charge in [0.25, 0.3) is 5.56 Å². The van der Waals surface area contributed by atoms with E-state index in [0.717, 1.165) is 29.9 Å². The largest absolute Gasteiger partial charge is 0.502 e. The van der Waals surface area contributed by atoms with Crippen molar-refractivity contribution in [2.45, 2.75) is 57.5 Å². The van der Waals surface area contributed by atoms with Crippen molar-refractivity contribution in [1.29, 1.82) is 0 Å². The van der Waals surface area contributed by atoms with Crippen LogP contribution in [0.25, 0.3) is 0 Å². The summed E-state index contributed by atoms with van der Waals surface area (Å²) >= 11 is 0. The number of benzene rings is 1. The molecule has 8 nitrogen and oxygen atoms in total. The molecule has 0 saturated heterocycles. The molecule has 1 aromatic carbocycles. The molecule has 1 aliphatic carbocycles. The van der Waals surface area contributed by atoms with Gasteiger partial charge < -0.3 is 10.1 Å². The zero-order valence-electron chi connectivity index (χ0n) is 15.7. The fourth-order valence-corrected chi connectivity index (χ4v) is 4.31. The Morgan fingerprint density at radius 1 is 1.29 bits per heavy atom. The first-order valence-electron chi connectivity index (χ1n) is 9.82. The number of H-pyrrole nitrogens is 1. The molecule has 4 rings (SSSR count). The van der Waals surface area contributed by atoms with Crippen LogP contribution >= 0.6 is 0 Å². The topological polar surface area (TPSA) is 112 Å². The van der Waals surface area contributed by atoms with E-state index in [1.807, 2.05) is 0 Å². The van der Waals surface area contributed by atoms with Crippen LogP contribution in [0, 0.1) is 10.1 Å². The maximum Gasteiger partial charge on any atom is 0.311 e. The highest BCUT2D eigenvalue weighted by Crippen LogP contribution is 2.32. The van der Waals surface area contributed by atoms with Gasteiger partial charge in [-0.1, -0.05) is 31.4 Å². The van der Waals surface area contributed by atoms with Crippen molar-refractivity contribution in [3.05, 3.63) is 61.3 Å². The minimum atomic E-state index is -0.581. The summed E-state index contributed by atoms with van der Waals surface area (Å²) < 4.78 is 0. The van der Waals surface area contributed by atoms with Gasteiger partial charge in [-0.25, -0.2) is 4.98 Å². The minimum Gasteiger partial charge on any atom is -0.502 e. The number of nitro groups is 1. The van der Waals surface area contributed by atoms with Gasteiger partial charge in [0.15, 0.2) is 5.75 Å². The Labute approximate surface area is 162 Å². The van der Waals surface area contributed by atoms with Crippen LogP contribution < -0.4 is 5.56 Å². The molecule has 0 radical (unpaired) electrons. The van der Waals surface area contributed by atoms with E-state index in [1.54, 1.807) is 12.1 Å². The van der Waals surface area contributed by atoms with Gasteiger partial charge in [-0.05, 0) is 19.3 Å². The molecule has 1 aliphatic heterocycles. The van der Waals surface area contributed by atoms with Crippen molar-refractivity contribution in [3.63, 3.8) is 0 Å². The first-order valence-corrected chi connectivity index (χ1v) is 9.82. The first-order chi connectivity index (χ1) is 13.5.